The number of rotatable bonds is 6. The van der Waals surface area contributed by atoms with Crippen molar-refractivity contribution < 1.29 is 55.2 Å². The third-order valence-electron chi connectivity index (χ3n) is 5.81. The summed E-state index contributed by atoms with van der Waals surface area (Å²) in [6, 6.07) is 10.7. The van der Waals surface area contributed by atoms with Crippen molar-refractivity contribution >= 4 is 28.7 Å². The van der Waals surface area contributed by atoms with Gasteiger partial charge in [-0.25, -0.2) is 9.59 Å². The first-order chi connectivity index (χ1) is 14.9. The molecule has 1 heterocycles. The van der Waals surface area contributed by atoms with E-state index in [9.17, 15) is 14.7 Å². The second kappa shape index (κ2) is 10.4. The second-order valence-electron chi connectivity index (χ2n) is 7.94. The molecular formula is C24H27N2NaO5. The first-order valence-corrected chi connectivity index (χ1v) is 10.4. The van der Waals surface area contributed by atoms with Gasteiger partial charge in [0.15, 0.2) is 0 Å². The number of nitrogens with zero attached hydrogens (tertiary/aromatic N) is 1. The van der Waals surface area contributed by atoms with E-state index in [2.05, 4.69) is 5.32 Å². The molecule has 1 aromatic heterocycles. The SMILES string of the molecule is COc1cc(C(=O)O)ccc1Cc1cn(C)c2ccc(NC(=O)OC3CCCC3)cc12.[H-].[Na+]. The number of benzene rings is 2. The van der Waals surface area contributed by atoms with E-state index in [1.54, 1.807) is 12.1 Å². The summed E-state index contributed by atoms with van der Waals surface area (Å²) in [6.45, 7) is 0. The number of fused-ring (bicyclic) bond motifs is 1. The van der Waals surface area contributed by atoms with Crippen LogP contribution in [0.5, 0.6) is 5.75 Å². The molecule has 4 rings (SSSR count). The van der Waals surface area contributed by atoms with E-state index in [1.165, 1.54) is 13.2 Å². The van der Waals surface area contributed by atoms with E-state index in [0.717, 1.165) is 47.7 Å². The van der Waals surface area contributed by atoms with Gasteiger partial charge in [-0.3, -0.25) is 5.32 Å². The maximum absolute atomic E-state index is 12.3. The molecule has 0 aliphatic heterocycles. The van der Waals surface area contributed by atoms with Gasteiger partial charge in [0.05, 0.1) is 12.7 Å². The second-order valence-corrected chi connectivity index (χ2v) is 7.94. The maximum Gasteiger partial charge on any atom is 1.00 e. The fourth-order valence-electron chi connectivity index (χ4n) is 4.23. The molecule has 1 saturated carbocycles. The van der Waals surface area contributed by atoms with E-state index in [4.69, 9.17) is 9.47 Å². The number of aromatic nitrogens is 1. The molecule has 7 nitrogen and oxygen atoms in total. The molecule has 1 fully saturated rings. The minimum absolute atomic E-state index is 0. The van der Waals surface area contributed by atoms with Gasteiger partial charge in [0.2, 0.25) is 0 Å². The summed E-state index contributed by atoms with van der Waals surface area (Å²) in [5.41, 5.74) is 3.83. The van der Waals surface area contributed by atoms with Crippen molar-refractivity contribution in [2.75, 3.05) is 12.4 Å². The van der Waals surface area contributed by atoms with E-state index in [1.807, 2.05) is 36.0 Å². The van der Waals surface area contributed by atoms with Gasteiger partial charge in [-0.1, -0.05) is 6.07 Å². The van der Waals surface area contributed by atoms with Crippen molar-refractivity contribution in [3.05, 3.63) is 59.3 Å². The number of carbonyl (C=O) groups is 2. The van der Waals surface area contributed by atoms with E-state index < -0.39 is 12.1 Å². The number of nitrogens with one attached hydrogen (secondary N) is 1. The van der Waals surface area contributed by atoms with Crippen LogP contribution in [0.1, 0.15) is 48.6 Å². The van der Waals surface area contributed by atoms with Crippen LogP contribution in [0.2, 0.25) is 0 Å². The molecule has 0 saturated heterocycles. The Kier molecular flexibility index (Phi) is 7.87. The van der Waals surface area contributed by atoms with E-state index >= 15 is 0 Å². The molecular weight excluding hydrogens is 419 g/mol. The summed E-state index contributed by atoms with van der Waals surface area (Å²) >= 11 is 0. The van der Waals surface area contributed by atoms with Gasteiger partial charge < -0.3 is 20.6 Å². The van der Waals surface area contributed by atoms with Crippen molar-refractivity contribution in [2.24, 2.45) is 7.05 Å². The average molecular weight is 446 g/mol. The van der Waals surface area contributed by atoms with Crippen LogP contribution in [0.3, 0.4) is 0 Å². The summed E-state index contributed by atoms with van der Waals surface area (Å²) < 4.78 is 13.0. The van der Waals surface area contributed by atoms with Crippen molar-refractivity contribution in [3.63, 3.8) is 0 Å². The molecule has 0 bridgehead atoms. The van der Waals surface area contributed by atoms with Gasteiger partial charge in [-0.05, 0) is 67.1 Å². The van der Waals surface area contributed by atoms with Crippen LogP contribution in [0.15, 0.2) is 42.6 Å². The molecule has 0 radical (unpaired) electrons. The van der Waals surface area contributed by atoms with Crippen LogP contribution in [0.25, 0.3) is 10.9 Å². The van der Waals surface area contributed by atoms with Gasteiger partial charge in [0, 0.05) is 36.3 Å². The Morgan fingerprint density at radius 1 is 1.16 bits per heavy atom. The van der Waals surface area contributed by atoms with Crippen molar-refractivity contribution in [2.45, 2.75) is 38.2 Å². The van der Waals surface area contributed by atoms with Gasteiger partial charge in [0.1, 0.15) is 11.9 Å². The van der Waals surface area contributed by atoms with Crippen LogP contribution >= 0.6 is 0 Å². The van der Waals surface area contributed by atoms with Gasteiger partial charge >= 0.3 is 41.6 Å². The van der Waals surface area contributed by atoms with Gasteiger partial charge in [0.25, 0.3) is 0 Å². The quantitative estimate of drug-likeness (QED) is 0.566. The number of hydrogen-bond acceptors (Lipinski definition) is 4. The predicted molar refractivity (Wildman–Crippen MR) is 119 cm³/mol. The summed E-state index contributed by atoms with van der Waals surface area (Å²) in [5.74, 6) is -0.457. The molecule has 1 aliphatic rings. The maximum atomic E-state index is 12.3. The summed E-state index contributed by atoms with van der Waals surface area (Å²) in [5, 5.41) is 13.1. The first-order valence-electron chi connectivity index (χ1n) is 10.4. The fourth-order valence-corrected chi connectivity index (χ4v) is 4.23. The third kappa shape index (κ3) is 5.28. The number of hydrogen-bond donors (Lipinski definition) is 2. The monoisotopic (exact) mass is 446 g/mol. The largest absolute Gasteiger partial charge is 1.00 e. The fraction of sp³-hybridized carbons (Fsp3) is 0.333. The number of aryl methyl sites for hydroxylation is 1. The Morgan fingerprint density at radius 2 is 1.91 bits per heavy atom. The zero-order chi connectivity index (χ0) is 22.0. The van der Waals surface area contributed by atoms with Crippen LogP contribution in [-0.2, 0) is 18.2 Å². The molecule has 0 unspecified atom stereocenters. The van der Waals surface area contributed by atoms with Crippen LogP contribution in [0, 0.1) is 0 Å². The molecule has 1 amide bonds. The Balaban J connectivity index is 0.00000193. The molecule has 2 N–H and O–H groups in total. The van der Waals surface area contributed by atoms with Crippen LogP contribution in [0.4, 0.5) is 10.5 Å². The average Bonchev–Trinajstić information content (AvgIpc) is 3.36. The Bertz CT molecular complexity index is 1140. The number of methoxy groups -OCH3 is 1. The molecule has 8 heteroatoms. The van der Waals surface area contributed by atoms with Gasteiger partial charge in [-0.2, -0.15) is 0 Å². The molecule has 32 heavy (non-hydrogen) atoms. The molecule has 0 atom stereocenters. The minimum atomic E-state index is -0.991. The zero-order valence-corrected chi connectivity index (χ0v) is 20.7. The standard InChI is InChI=1S/C24H26N2O5.Na.H/c1-26-14-17(11-15-7-8-16(23(27)28)12-22(15)30-2)20-13-18(9-10-21(20)26)25-24(29)31-19-5-3-4-6-19;;/h7-10,12-14,19H,3-6,11H2,1-2H3,(H,25,29)(H,27,28);;/q;+1;-1. The number of aromatic carboxylic acids is 1. The first kappa shape index (κ1) is 24.2. The number of carbonyl (C=O) groups excluding carboxylic acids is 1. The Labute approximate surface area is 210 Å². The van der Waals surface area contributed by atoms with Gasteiger partial charge in [-0.15, -0.1) is 0 Å². The molecule has 3 aromatic rings. The minimum Gasteiger partial charge on any atom is -1.00 e. The number of carboxylic acid groups (broad SMARTS) is 1. The normalized spacial score (nSPS) is 13.6. The number of amides is 1. The molecule has 1 aliphatic carbocycles. The van der Waals surface area contributed by atoms with E-state index in [-0.39, 0.29) is 42.7 Å². The Hall–Kier alpha value is -2.48. The molecule has 164 valence electrons. The zero-order valence-electron chi connectivity index (χ0n) is 19.7. The van der Waals surface area contributed by atoms with Crippen LogP contribution < -0.4 is 39.6 Å². The molecule has 0 spiro atoms. The van der Waals surface area contributed by atoms with Crippen molar-refractivity contribution in [1.82, 2.24) is 4.57 Å². The topological polar surface area (TPSA) is 89.8 Å². The predicted octanol–water partition coefficient (Wildman–Crippen LogP) is 2.08. The number of ether oxygens (including phenoxy) is 2. The smallest absolute Gasteiger partial charge is 1.00 e. The molecule has 2 aromatic carbocycles. The van der Waals surface area contributed by atoms with Crippen molar-refractivity contribution in [1.29, 1.82) is 0 Å². The summed E-state index contributed by atoms with van der Waals surface area (Å²) in [4.78, 5) is 23.5. The third-order valence-corrected chi connectivity index (χ3v) is 5.81. The Morgan fingerprint density at radius 3 is 2.59 bits per heavy atom. The van der Waals surface area contributed by atoms with Crippen molar-refractivity contribution in [3.8, 4) is 5.75 Å². The van der Waals surface area contributed by atoms with E-state index in [0.29, 0.717) is 17.9 Å². The summed E-state index contributed by atoms with van der Waals surface area (Å²) in [7, 11) is 3.50. The summed E-state index contributed by atoms with van der Waals surface area (Å²) in [6.07, 6.45) is 6.26. The number of anilines is 1. The number of carboxylic acids is 1. The van der Waals surface area contributed by atoms with Crippen LogP contribution in [-0.4, -0.2) is 34.9 Å².